The minimum absolute atomic E-state index is 0.972. The SMILES string of the molecule is Cc1ccc2c(c1N)CCNC2. The van der Waals surface area contributed by atoms with Gasteiger partial charge in [-0.2, -0.15) is 0 Å². The van der Waals surface area contributed by atoms with Crippen molar-refractivity contribution in [2.45, 2.75) is 19.9 Å². The van der Waals surface area contributed by atoms with E-state index < -0.39 is 0 Å². The van der Waals surface area contributed by atoms with Gasteiger partial charge in [0.15, 0.2) is 0 Å². The van der Waals surface area contributed by atoms with Gasteiger partial charge in [0, 0.05) is 12.2 Å². The lowest BCUT2D eigenvalue weighted by molar-refractivity contribution is 0.644. The molecule has 0 radical (unpaired) electrons. The molecule has 3 N–H and O–H groups in total. The standard InChI is InChI=1S/C10H14N2/c1-7-2-3-8-6-12-5-4-9(8)10(7)11/h2-3,12H,4-6,11H2,1H3. The second-order valence-corrected chi connectivity index (χ2v) is 3.36. The molecule has 1 aromatic carbocycles. The normalized spacial score (nSPS) is 15.8. The van der Waals surface area contributed by atoms with E-state index in [9.17, 15) is 0 Å². The van der Waals surface area contributed by atoms with Gasteiger partial charge < -0.3 is 11.1 Å². The highest BCUT2D eigenvalue weighted by atomic mass is 14.9. The highest BCUT2D eigenvalue weighted by Gasteiger charge is 2.11. The van der Waals surface area contributed by atoms with E-state index in [-0.39, 0.29) is 0 Å². The first kappa shape index (κ1) is 7.62. The summed E-state index contributed by atoms with van der Waals surface area (Å²) in [5, 5.41) is 3.33. The van der Waals surface area contributed by atoms with Crippen molar-refractivity contribution in [2.75, 3.05) is 12.3 Å². The molecule has 1 aliphatic heterocycles. The Morgan fingerprint density at radius 2 is 2.25 bits per heavy atom. The van der Waals surface area contributed by atoms with Crippen LogP contribution in [0.25, 0.3) is 0 Å². The van der Waals surface area contributed by atoms with E-state index in [0.29, 0.717) is 0 Å². The summed E-state index contributed by atoms with van der Waals surface area (Å²) in [5.41, 5.74) is 10.9. The summed E-state index contributed by atoms with van der Waals surface area (Å²) in [5.74, 6) is 0. The average molecular weight is 162 g/mol. The Balaban J connectivity index is 2.54. The lowest BCUT2D eigenvalue weighted by Crippen LogP contribution is -2.24. The van der Waals surface area contributed by atoms with Crippen molar-refractivity contribution >= 4 is 5.69 Å². The molecule has 0 amide bonds. The van der Waals surface area contributed by atoms with Gasteiger partial charge in [-0.05, 0) is 36.6 Å². The molecule has 0 aromatic heterocycles. The zero-order valence-electron chi connectivity index (χ0n) is 7.35. The van der Waals surface area contributed by atoms with Crippen LogP contribution in [0.3, 0.4) is 0 Å². The number of benzene rings is 1. The van der Waals surface area contributed by atoms with Gasteiger partial charge in [-0.1, -0.05) is 12.1 Å². The highest BCUT2D eigenvalue weighted by Crippen LogP contribution is 2.23. The number of nitrogens with two attached hydrogens (primary N) is 1. The molecule has 64 valence electrons. The van der Waals surface area contributed by atoms with Crippen molar-refractivity contribution in [3.05, 3.63) is 28.8 Å². The van der Waals surface area contributed by atoms with Gasteiger partial charge in [0.2, 0.25) is 0 Å². The Morgan fingerprint density at radius 3 is 3.08 bits per heavy atom. The van der Waals surface area contributed by atoms with Crippen LogP contribution in [0.1, 0.15) is 16.7 Å². The zero-order valence-corrected chi connectivity index (χ0v) is 7.35. The maximum absolute atomic E-state index is 5.98. The lowest BCUT2D eigenvalue weighted by atomic mass is 9.96. The molecule has 0 saturated heterocycles. The molecule has 1 heterocycles. The van der Waals surface area contributed by atoms with Crippen LogP contribution in [0.2, 0.25) is 0 Å². The summed E-state index contributed by atoms with van der Waals surface area (Å²) in [4.78, 5) is 0. The summed E-state index contributed by atoms with van der Waals surface area (Å²) >= 11 is 0. The second-order valence-electron chi connectivity index (χ2n) is 3.36. The van der Waals surface area contributed by atoms with E-state index in [1.54, 1.807) is 0 Å². The highest BCUT2D eigenvalue weighted by molar-refractivity contribution is 5.57. The fraction of sp³-hybridized carbons (Fsp3) is 0.400. The van der Waals surface area contributed by atoms with Gasteiger partial charge in [0.05, 0.1) is 0 Å². The monoisotopic (exact) mass is 162 g/mol. The van der Waals surface area contributed by atoms with Crippen LogP contribution in [-0.4, -0.2) is 6.54 Å². The summed E-state index contributed by atoms with van der Waals surface area (Å²) in [6.45, 7) is 4.10. The van der Waals surface area contributed by atoms with Crippen LogP contribution >= 0.6 is 0 Å². The minimum Gasteiger partial charge on any atom is -0.398 e. The number of nitrogens with one attached hydrogen (secondary N) is 1. The summed E-state index contributed by atoms with van der Waals surface area (Å²) in [6, 6.07) is 4.27. The van der Waals surface area contributed by atoms with Crippen molar-refractivity contribution in [3.63, 3.8) is 0 Å². The third kappa shape index (κ3) is 1.08. The predicted molar refractivity (Wildman–Crippen MR) is 51.0 cm³/mol. The van der Waals surface area contributed by atoms with Crippen LogP contribution in [0.5, 0.6) is 0 Å². The van der Waals surface area contributed by atoms with Crippen molar-refractivity contribution in [1.82, 2.24) is 5.32 Å². The molecular weight excluding hydrogens is 148 g/mol. The van der Waals surface area contributed by atoms with E-state index in [1.165, 1.54) is 16.7 Å². The predicted octanol–water partition coefficient (Wildman–Crippen LogP) is 1.22. The number of fused-ring (bicyclic) bond motifs is 1. The Bertz CT molecular complexity index is 305. The van der Waals surface area contributed by atoms with Crippen molar-refractivity contribution in [1.29, 1.82) is 0 Å². The molecular formula is C10H14N2. The fourth-order valence-corrected chi connectivity index (χ4v) is 1.72. The van der Waals surface area contributed by atoms with Crippen LogP contribution in [0.15, 0.2) is 12.1 Å². The molecule has 0 spiro atoms. The first-order valence-electron chi connectivity index (χ1n) is 4.36. The van der Waals surface area contributed by atoms with Gasteiger partial charge in [0.25, 0.3) is 0 Å². The molecule has 0 bridgehead atoms. The first-order valence-corrected chi connectivity index (χ1v) is 4.36. The van der Waals surface area contributed by atoms with E-state index in [2.05, 4.69) is 24.4 Å². The molecule has 0 aliphatic carbocycles. The van der Waals surface area contributed by atoms with Gasteiger partial charge in [-0.15, -0.1) is 0 Å². The Labute approximate surface area is 72.8 Å². The Morgan fingerprint density at radius 1 is 1.42 bits per heavy atom. The van der Waals surface area contributed by atoms with Crippen molar-refractivity contribution < 1.29 is 0 Å². The summed E-state index contributed by atoms with van der Waals surface area (Å²) < 4.78 is 0. The molecule has 2 heteroatoms. The van der Waals surface area contributed by atoms with E-state index in [4.69, 9.17) is 5.73 Å². The summed E-state index contributed by atoms with van der Waals surface area (Å²) in [7, 11) is 0. The van der Waals surface area contributed by atoms with Crippen molar-refractivity contribution in [2.24, 2.45) is 0 Å². The first-order chi connectivity index (χ1) is 5.79. The minimum atomic E-state index is 0.972. The maximum Gasteiger partial charge on any atom is 0.0380 e. The zero-order chi connectivity index (χ0) is 8.55. The molecule has 1 aromatic rings. The number of anilines is 1. The van der Waals surface area contributed by atoms with Crippen LogP contribution in [-0.2, 0) is 13.0 Å². The number of hydrogen-bond acceptors (Lipinski definition) is 2. The number of aryl methyl sites for hydroxylation is 1. The van der Waals surface area contributed by atoms with Gasteiger partial charge in [0.1, 0.15) is 0 Å². The van der Waals surface area contributed by atoms with E-state index in [0.717, 1.165) is 25.2 Å². The molecule has 0 fully saturated rings. The Kier molecular flexibility index (Phi) is 1.77. The van der Waals surface area contributed by atoms with E-state index in [1.807, 2.05) is 0 Å². The van der Waals surface area contributed by atoms with Crippen molar-refractivity contribution in [3.8, 4) is 0 Å². The quantitative estimate of drug-likeness (QED) is 0.563. The number of nitrogen functional groups attached to an aromatic ring is 1. The van der Waals surface area contributed by atoms with E-state index >= 15 is 0 Å². The third-order valence-corrected chi connectivity index (χ3v) is 2.54. The topological polar surface area (TPSA) is 38.0 Å². The largest absolute Gasteiger partial charge is 0.398 e. The molecule has 12 heavy (non-hydrogen) atoms. The summed E-state index contributed by atoms with van der Waals surface area (Å²) in [6.07, 6.45) is 1.07. The molecule has 2 nitrogen and oxygen atoms in total. The molecule has 0 saturated carbocycles. The molecule has 1 aliphatic rings. The number of rotatable bonds is 0. The Hall–Kier alpha value is -1.02. The van der Waals surface area contributed by atoms with Crippen LogP contribution in [0.4, 0.5) is 5.69 Å². The molecule has 0 atom stereocenters. The lowest BCUT2D eigenvalue weighted by Gasteiger charge is -2.19. The van der Waals surface area contributed by atoms with Gasteiger partial charge >= 0.3 is 0 Å². The average Bonchev–Trinajstić information content (AvgIpc) is 2.12. The fourth-order valence-electron chi connectivity index (χ4n) is 1.72. The molecule has 2 rings (SSSR count). The third-order valence-electron chi connectivity index (χ3n) is 2.54. The van der Waals surface area contributed by atoms with Crippen LogP contribution < -0.4 is 11.1 Å². The van der Waals surface area contributed by atoms with Crippen LogP contribution in [0, 0.1) is 6.92 Å². The van der Waals surface area contributed by atoms with Gasteiger partial charge in [-0.25, -0.2) is 0 Å². The second kappa shape index (κ2) is 2.79. The maximum atomic E-state index is 5.98. The molecule has 0 unspecified atom stereocenters. The smallest absolute Gasteiger partial charge is 0.0380 e. The number of hydrogen-bond donors (Lipinski definition) is 2. The van der Waals surface area contributed by atoms with Gasteiger partial charge in [-0.3, -0.25) is 0 Å².